The van der Waals surface area contributed by atoms with Crippen molar-refractivity contribution in [3.05, 3.63) is 35.9 Å². The Morgan fingerprint density at radius 3 is 2.67 bits per heavy atom. The molecule has 0 radical (unpaired) electrons. The van der Waals surface area contributed by atoms with Crippen LogP contribution in [0.25, 0.3) is 0 Å². The summed E-state index contributed by atoms with van der Waals surface area (Å²) in [6.45, 7) is 3.07. The first kappa shape index (κ1) is 13.3. The molecule has 1 aliphatic heterocycles. The van der Waals surface area contributed by atoms with Crippen LogP contribution < -0.4 is 5.32 Å². The zero-order valence-corrected chi connectivity index (χ0v) is 12.7. The van der Waals surface area contributed by atoms with E-state index < -0.39 is 0 Å². The third-order valence-electron chi connectivity index (χ3n) is 5.85. The summed E-state index contributed by atoms with van der Waals surface area (Å²) in [5.41, 5.74) is 1.09. The minimum atomic E-state index is -0.153. The molecule has 4 rings (SSSR count). The molecule has 1 amide bonds. The molecule has 2 aliphatic carbocycles. The average molecular weight is 284 g/mol. The van der Waals surface area contributed by atoms with Gasteiger partial charge in [-0.25, -0.2) is 0 Å². The van der Waals surface area contributed by atoms with Gasteiger partial charge in [0.05, 0.1) is 6.17 Å². The van der Waals surface area contributed by atoms with E-state index in [9.17, 15) is 4.79 Å². The number of benzene rings is 1. The lowest BCUT2D eigenvalue weighted by Gasteiger charge is -2.29. The van der Waals surface area contributed by atoms with Gasteiger partial charge in [-0.3, -0.25) is 10.1 Å². The fourth-order valence-electron chi connectivity index (χ4n) is 4.74. The van der Waals surface area contributed by atoms with Crippen LogP contribution in [0.1, 0.15) is 44.2 Å². The van der Waals surface area contributed by atoms with Crippen LogP contribution in [0.15, 0.2) is 30.3 Å². The van der Waals surface area contributed by atoms with Crippen molar-refractivity contribution in [3.63, 3.8) is 0 Å². The Kier molecular flexibility index (Phi) is 3.26. The summed E-state index contributed by atoms with van der Waals surface area (Å²) in [5.74, 6) is 2.83. The van der Waals surface area contributed by atoms with Crippen molar-refractivity contribution >= 4 is 5.91 Å². The molecule has 3 aliphatic rings. The first-order valence-electron chi connectivity index (χ1n) is 8.34. The molecule has 3 fully saturated rings. The van der Waals surface area contributed by atoms with Gasteiger partial charge >= 0.3 is 0 Å². The van der Waals surface area contributed by atoms with Crippen LogP contribution in [0.5, 0.6) is 0 Å². The molecule has 21 heavy (non-hydrogen) atoms. The zero-order chi connectivity index (χ0) is 14.4. The molecule has 3 nitrogen and oxygen atoms in total. The van der Waals surface area contributed by atoms with Crippen molar-refractivity contribution < 1.29 is 4.79 Å². The highest BCUT2D eigenvalue weighted by atomic mass is 16.2. The number of rotatable bonds is 3. The quantitative estimate of drug-likeness (QED) is 0.925. The van der Waals surface area contributed by atoms with Gasteiger partial charge in [0.2, 0.25) is 5.91 Å². The molecule has 1 saturated heterocycles. The highest BCUT2D eigenvalue weighted by Gasteiger charge is 2.44. The van der Waals surface area contributed by atoms with E-state index in [1.54, 1.807) is 0 Å². The Morgan fingerprint density at radius 1 is 1.19 bits per heavy atom. The van der Waals surface area contributed by atoms with E-state index in [-0.39, 0.29) is 18.1 Å². The van der Waals surface area contributed by atoms with E-state index in [0.29, 0.717) is 0 Å². The lowest BCUT2D eigenvalue weighted by Crippen LogP contribution is -2.39. The van der Waals surface area contributed by atoms with Crippen molar-refractivity contribution in [1.29, 1.82) is 0 Å². The van der Waals surface area contributed by atoms with Crippen molar-refractivity contribution in [1.82, 2.24) is 10.2 Å². The monoisotopic (exact) mass is 284 g/mol. The number of amides is 1. The predicted octanol–water partition coefficient (Wildman–Crippen LogP) is 2.94. The van der Waals surface area contributed by atoms with Gasteiger partial charge in [-0.2, -0.15) is 0 Å². The Balaban J connectivity index is 1.48. The second-order valence-corrected chi connectivity index (χ2v) is 7.11. The number of hydrogen-bond donors (Lipinski definition) is 1. The third-order valence-corrected chi connectivity index (χ3v) is 5.85. The van der Waals surface area contributed by atoms with Crippen LogP contribution >= 0.6 is 0 Å². The maximum Gasteiger partial charge on any atom is 0.245 e. The van der Waals surface area contributed by atoms with Gasteiger partial charge in [-0.05, 0) is 49.5 Å². The molecule has 3 heteroatoms. The maximum atomic E-state index is 12.8. The molecule has 5 atom stereocenters. The summed E-state index contributed by atoms with van der Waals surface area (Å²) in [4.78, 5) is 14.9. The molecule has 1 heterocycles. The van der Waals surface area contributed by atoms with Gasteiger partial charge in [0.25, 0.3) is 0 Å². The van der Waals surface area contributed by atoms with Gasteiger partial charge in [-0.15, -0.1) is 0 Å². The van der Waals surface area contributed by atoms with Crippen LogP contribution in [0.3, 0.4) is 0 Å². The van der Waals surface area contributed by atoms with E-state index in [1.165, 1.54) is 25.7 Å². The second-order valence-electron chi connectivity index (χ2n) is 7.11. The lowest BCUT2D eigenvalue weighted by molar-refractivity contribution is -0.130. The number of nitrogens with one attached hydrogen (secondary N) is 1. The van der Waals surface area contributed by atoms with Crippen LogP contribution in [0.2, 0.25) is 0 Å². The third kappa shape index (κ3) is 2.28. The minimum absolute atomic E-state index is 0.153. The smallest absolute Gasteiger partial charge is 0.245 e. The van der Waals surface area contributed by atoms with Crippen molar-refractivity contribution in [2.75, 3.05) is 6.54 Å². The topological polar surface area (TPSA) is 32.3 Å². The first-order valence-corrected chi connectivity index (χ1v) is 8.34. The summed E-state index contributed by atoms with van der Waals surface area (Å²) >= 11 is 0. The fourth-order valence-corrected chi connectivity index (χ4v) is 4.74. The van der Waals surface area contributed by atoms with Gasteiger partial charge < -0.3 is 4.90 Å². The van der Waals surface area contributed by atoms with Crippen molar-refractivity contribution in [3.8, 4) is 0 Å². The van der Waals surface area contributed by atoms with Crippen LogP contribution in [0.4, 0.5) is 0 Å². The summed E-state index contributed by atoms with van der Waals surface area (Å²) in [6, 6.07) is 9.95. The molecule has 0 spiro atoms. The van der Waals surface area contributed by atoms with E-state index in [0.717, 1.165) is 29.9 Å². The molecular formula is C18H24N2O. The van der Waals surface area contributed by atoms with Gasteiger partial charge in [0.1, 0.15) is 6.04 Å². The SMILES string of the molecule is CC1NC(c2ccccc2)C(=O)N1CC1CC2CCC1C2. The molecule has 5 unspecified atom stereocenters. The number of carbonyl (C=O) groups excluding carboxylic acids is 1. The number of hydrogen-bond acceptors (Lipinski definition) is 2. The van der Waals surface area contributed by atoms with Gasteiger partial charge in [-0.1, -0.05) is 36.8 Å². The highest BCUT2D eigenvalue weighted by Crippen LogP contribution is 2.48. The number of fused-ring (bicyclic) bond motifs is 2. The molecule has 2 saturated carbocycles. The van der Waals surface area contributed by atoms with Gasteiger partial charge in [0.15, 0.2) is 0 Å². The zero-order valence-electron chi connectivity index (χ0n) is 12.7. The lowest BCUT2D eigenvalue weighted by atomic mass is 9.88. The standard InChI is InChI=1S/C18H24N2O/c1-12-19-17(14-5-3-2-4-6-14)18(21)20(12)11-16-10-13-7-8-15(16)9-13/h2-6,12-13,15-17,19H,7-11H2,1H3. The van der Waals surface area contributed by atoms with Crippen molar-refractivity contribution in [2.45, 2.75) is 44.8 Å². The largest absolute Gasteiger partial charge is 0.325 e. The molecule has 112 valence electrons. The van der Waals surface area contributed by atoms with Crippen LogP contribution in [-0.4, -0.2) is 23.5 Å². The summed E-state index contributed by atoms with van der Waals surface area (Å²) in [7, 11) is 0. The van der Waals surface area contributed by atoms with Crippen LogP contribution in [-0.2, 0) is 4.79 Å². The van der Waals surface area contributed by atoms with E-state index in [1.807, 2.05) is 30.3 Å². The van der Waals surface area contributed by atoms with Crippen LogP contribution in [0, 0.1) is 17.8 Å². The molecular weight excluding hydrogens is 260 g/mol. The highest BCUT2D eigenvalue weighted by molar-refractivity contribution is 5.85. The Labute approximate surface area is 126 Å². The molecule has 1 N–H and O–H groups in total. The minimum Gasteiger partial charge on any atom is -0.325 e. The molecule has 1 aromatic rings. The maximum absolute atomic E-state index is 12.8. The Hall–Kier alpha value is -1.35. The average Bonchev–Trinajstić information content (AvgIpc) is 3.19. The second kappa shape index (κ2) is 5.13. The van der Waals surface area contributed by atoms with Gasteiger partial charge in [0, 0.05) is 6.54 Å². The Morgan fingerprint density at radius 2 is 2.00 bits per heavy atom. The first-order chi connectivity index (χ1) is 10.2. The summed E-state index contributed by atoms with van der Waals surface area (Å²) in [6.07, 6.45) is 5.73. The normalized spacial score (nSPS) is 38.4. The van der Waals surface area contributed by atoms with E-state index >= 15 is 0 Å². The number of nitrogens with zero attached hydrogens (tertiary/aromatic N) is 1. The Bertz CT molecular complexity index is 529. The van der Waals surface area contributed by atoms with Crippen molar-refractivity contribution in [2.24, 2.45) is 17.8 Å². The molecule has 0 aromatic heterocycles. The summed E-state index contributed by atoms with van der Waals surface area (Å²) in [5, 5.41) is 3.46. The van der Waals surface area contributed by atoms with E-state index in [4.69, 9.17) is 0 Å². The van der Waals surface area contributed by atoms with E-state index in [2.05, 4.69) is 17.1 Å². The molecule has 1 aromatic carbocycles. The fraction of sp³-hybridized carbons (Fsp3) is 0.611. The predicted molar refractivity (Wildman–Crippen MR) is 82.4 cm³/mol. The number of carbonyl (C=O) groups is 1. The molecule has 2 bridgehead atoms. The summed E-state index contributed by atoms with van der Waals surface area (Å²) < 4.78 is 0.